The van der Waals surface area contributed by atoms with Crippen LogP contribution in [0.3, 0.4) is 0 Å². The van der Waals surface area contributed by atoms with Gasteiger partial charge in [0.15, 0.2) is 0 Å². The Morgan fingerprint density at radius 2 is 2.00 bits per heavy atom. The third kappa shape index (κ3) is 4.90. The molecule has 0 radical (unpaired) electrons. The van der Waals surface area contributed by atoms with Crippen molar-refractivity contribution in [3.63, 3.8) is 0 Å². The third-order valence-corrected chi connectivity index (χ3v) is 6.38. The largest absolute Gasteiger partial charge is 0.325 e. The van der Waals surface area contributed by atoms with E-state index in [1.54, 1.807) is 23.7 Å². The summed E-state index contributed by atoms with van der Waals surface area (Å²) in [6.45, 7) is 3.96. The van der Waals surface area contributed by atoms with Gasteiger partial charge in [-0.25, -0.2) is 4.98 Å². The van der Waals surface area contributed by atoms with Gasteiger partial charge in [-0.2, -0.15) is 0 Å². The predicted molar refractivity (Wildman–Crippen MR) is 122 cm³/mol. The minimum atomic E-state index is -0.0732. The summed E-state index contributed by atoms with van der Waals surface area (Å²) in [5.41, 5.74) is 4.57. The van der Waals surface area contributed by atoms with Crippen molar-refractivity contribution in [1.82, 2.24) is 20.2 Å². The zero-order valence-corrected chi connectivity index (χ0v) is 18.1. The minimum Gasteiger partial charge on any atom is -0.325 e. The number of thiazole rings is 1. The summed E-state index contributed by atoms with van der Waals surface area (Å²) in [5, 5.41) is 13.1. The Labute approximate surface area is 182 Å². The van der Waals surface area contributed by atoms with Crippen molar-refractivity contribution < 1.29 is 4.79 Å². The lowest BCUT2D eigenvalue weighted by atomic mass is 10.2. The van der Waals surface area contributed by atoms with Crippen molar-refractivity contribution in [2.45, 2.75) is 18.9 Å². The second kappa shape index (κ2) is 9.15. The normalized spacial score (nSPS) is 10.7. The number of pyridine rings is 1. The Balaban J connectivity index is 1.40. The molecule has 0 aliphatic heterocycles. The molecule has 0 spiro atoms. The molecule has 3 heterocycles. The average Bonchev–Trinajstić information content (AvgIpc) is 3.15. The van der Waals surface area contributed by atoms with Gasteiger partial charge in [-0.1, -0.05) is 23.9 Å². The van der Waals surface area contributed by atoms with E-state index in [0.29, 0.717) is 5.03 Å². The van der Waals surface area contributed by atoms with Crippen LogP contribution in [0.25, 0.3) is 21.1 Å². The quantitative estimate of drug-likeness (QED) is 0.431. The van der Waals surface area contributed by atoms with Gasteiger partial charge in [0.1, 0.15) is 15.7 Å². The first-order valence-electron chi connectivity index (χ1n) is 9.30. The number of aryl methyl sites for hydroxylation is 2. The summed E-state index contributed by atoms with van der Waals surface area (Å²) < 4.78 is 0. The number of hydrogen-bond acceptors (Lipinski definition) is 7. The molecule has 150 valence electrons. The zero-order valence-electron chi connectivity index (χ0n) is 16.5. The van der Waals surface area contributed by atoms with Crippen molar-refractivity contribution in [2.75, 3.05) is 11.1 Å². The number of aromatic nitrogens is 4. The molecule has 0 saturated carbocycles. The van der Waals surface area contributed by atoms with E-state index in [9.17, 15) is 4.79 Å². The molecule has 0 aliphatic rings. The molecule has 4 aromatic rings. The summed E-state index contributed by atoms with van der Waals surface area (Å²) in [6.07, 6.45) is 3.54. The van der Waals surface area contributed by atoms with E-state index in [2.05, 4.69) is 25.5 Å². The second-order valence-corrected chi connectivity index (χ2v) is 8.63. The Hall–Kier alpha value is -3.10. The molecule has 0 aliphatic carbocycles. The Bertz CT molecular complexity index is 1160. The van der Waals surface area contributed by atoms with Crippen LogP contribution in [0.5, 0.6) is 0 Å². The van der Waals surface area contributed by atoms with Gasteiger partial charge < -0.3 is 5.32 Å². The maximum atomic E-state index is 12.2. The van der Waals surface area contributed by atoms with Gasteiger partial charge in [-0.15, -0.1) is 21.5 Å². The van der Waals surface area contributed by atoms with Crippen LogP contribution in [0.2, 0.25) is 0 Å². The summed E-state index contributed by atoms with van der Waals surface area (Å²) in [4.78, 5) is 21.9. The number of rotatable bonds is 6. The number of anilines is 1. The fraction of sp³-hybridized carbons (Fsp3) is 0.136. The highest BCUT2D eigenvalue weighted by Crippen LogP contribution is 2.34. The van der Waals surface area contributed by atoms with E-state index < -0.39 is 0 Å². The van der Waals surface area contributed by atoms with Crippen molar-refractivity contribution in [3.05, 3.63) is 72.2 Å². The van der Waals surface area contributed by atoms with Crippen LogP contribution in [0.4, 0.5) is 5.69 Å². The van der Waals surface area contributed by atoms with Gasteiger partial charge in [-0.3, -0.25) is 9.78 Å². The van der Waals surface area contributed by atoms with E-state index in [4.69, 9.17) is 0 Å². The number of carbonyl (C=O) groups excluding carboxylic acids is 1. The number of benzene rings is 1. The van der Waals surface area contributed by atoms with Crippen LogP contribution < -0.4 is 5.32 Å². The standard InChI is InChI=1S/C22H19N5OS2/c1-14-5-3-7-17(11-14)25-19(28)13-29-20-9-8-18(26-27-20)21-15(2)24-22(30-21)16-6-4-10-23-12-16/h3-12H,13H2,1-2H3,(H,25,28). The molecular formula is C22H19N5OS2. The Morgan fingerprint density at radius 3 is 2.73 bits per heavy atom. The molecule has 0 fully saturated rings. The van der Waals surface area contributed by atoms with Crippen molar-refractivity contribution in [1.29, 1.82) is 0 Å². The monoisotopic (exact) mass is 433 g/mol. The molecule has 1 N–H and O–H groups in total. The maximum absolute atomic E-state index is 12.2. The lowest BCUT2D eigenvalue weighted by Crippen LogP contribution is -2.14. The number of hydrogen-bond donors (Lipinski definition) is 1. The lowest BCUT2D eigenvalue weighted by molar-refractivity contribution is -0.113. The topological polar surface area (TPSA) is 80.7 Å². The zero-order chi connectivity index (χ0) is 20.9. The number of thioether (sulfide) groups is 1. The van der Waals surface area contributed by atoms with Crippen LogP contribution in [-0.2, 0) is 4.79 Å². The van der Waals surface area contributed by atoms with Crippen molar-refractivity contribution in [2.24, 2.45) is 0 Å². The molecule has 0 atom stereocenters. The number of nitrogens with one attached hydrogen (secondary N) is 1. The fourth-order valence-corrected chi connectivity index (χ4v) is 4.46. The molecule has 0 bridgehead atoms. The summed E-state index contributed by atoms with van der Waals surface area (Å²) in [7, 11) is 0. The van der Waals surface area contributed by atoms with E-state index in [1.165, 1.54) is 11.8 Å². The highest BCUT2D eigenvalue weighted by Gasteiger charge is 2.13. The highest BCUT2D eigenvalue weighted by atomic mass is 32.2. The van der Waals surface area contributed by atoms with Crippen LogP contribution in [-0.4, -0.2) is 31.8 Å². The van der Waals surface area contributed by atoms with Crippen molar-refractivity contribution >= 4 is 34.7 Å². The van der Waals surface area contributed by atoms with Gasteiger partial charge >= 0.3 is 0 Å². The lowest BCUT2D eigenvalue weighted by Gasteiger charge is -2.05. The predicted octanol–water partition coefficient (Wildman–Crippen LogP) is 5.01. The third-order valence-electron chi connectivity index (χ3n) is 4.23. The van der Waals surface area contributed by atoms with Gasteiger partial charge in [-0.05, 0) is 55.8 Å². The molecule has 4 rings (SSSR count). The molecule has 6 nitrogen and oxygen atoms in total. The molecule has 30 heavy (non-hydrogen) atoms. The first kappa shape index (κ1) is 20.2. The van der Waals surface area contributed by atoms with E-state index >= 15 is 0 Å². The summed E-state index contributed by atoms with van der Waals surface area (Å²) in [6, 6.07) is 15.4. The van der Waals surface area contributed by atoms with Crippen LogP contribution in [0.1, 0.15) is 11.3 Å². The summed E-state index contributed by atoms with van der Waals surface area (Å²) >= 11 is 2.92. The molecule has 3 aromatic heterocycles. The van der Waals surface area contributed by atoms with Crippen LogP contribution in [0.15, 0.2) is 66.0 Å². The van der Waals surface area contributed by atoms with Gasteiger partial charge in [0.25, 0.3) is 0 Å². The molecule has 0 unspecified atom stereocenters. The fourth-order valence-electron chi connectivity index (χ4n) is 2.82. The van der Waals surface area contributed by atoms with Crippen molar-refractivity contribution in [3.8, 4) is 21.1 Å². The van der Waals surface area contributed by atoms with Crippen LogP contribution >= 0.6 is 23.1 Å². The van der Waals surface area contributed by atoms with Gasteiger partial charge in [0.2, 0.25) is 5.91 Å². The minimum absolute atomic E-state index is 0.0732. The number of carbonyl (C=O) groups is 1. The average molecular weight is 434 g/mol. The first-order chi connectivity index (χ1) is 14.6. The summed E-state index contributed by atoms with van der Waals surface area (Å²) in [5.74, 6) is 0.197. The van der Waals surface area contributed by atoms with E-state index in [0.717, 1.165) is 38.1 Å². The highest BCUT2D eigenvalue weighted by molar-refractivity contribution is 7.99. The van der Waals surface area contributed by atoms with E-state index in [1.807, 2.05) is 62.4 Å². The molecule has 8 heteroatoms. The Morgan fingerprint density at radius 1 is 1.10 bits per heavy atom. The number of amides is 1. The number of nitrogens with zero attached hydrogens (tertiary/aromatic N) is 4. The first-order valence-corrected chi connectivity index (χ1v) is 11.1. The molecule has 1 amide bonds. The smallest absolute Gasteiger partial charge is 0.234 e. The SMILES string of the molecule is Cc1cccc(NC(=O)CSc2ccc(-c3sc(-c4cccnc4)nc3C)nn2)c1. The molecular weight excluding hydrogens is 414 g/mol. The Kier molecular flexibility index (Phi) is 6.15. The maximum Gasteiger partial charge on any atom is 0.234 e. The van der Waals surface area contributed by atoms with Gasteiger partial charge in [0, 0.05) is 23.6 Å². The molecule has 0 saturated heterocycles. The van der Waals surface area contributed by atoms with Gasteiger partial charge in [0.05, 0.1) is 16.3 Å². The van der Waals surface area contributed by atoms with Crippen LogP contribution in [0, 0.1) is 13.8 Å². The molecule has 1 aromatic carbocycles. The second-order valence-electron chi connectivity index (χ2n) is 6.64. The van der Waals surface area contributed by atoms with E-state index in [-0.39, 0.29) is 11.7 Å².